The van der Waals surface area contributed by atoms with Gasteiger partial charge in [-0.1, -0.05) is 12.1 Å². The largest absolute Gasteiger partial charge is 0.507 e. The van der Waals surface area contributed by atoms with Gasteiger partial charge < -0.3 is 24.4 Å². The molecule has 3 rings (SSSR count). The Morgan fingerprint density at radius 3 is 2.42 bits per heavy atom. The summed E-state index contributed by atoms with van der Waals surface area (Å²) in [4.78, 5) is 29.4. The van der Waals surface area contributed by atoms with Crippen LogP contribution in [0.25, 0.3) is 5.76 Å². The molecule has 0 aliphatic carbocycles. The van der Waals surface area contributed by atoms with Crippen molar-refractivity contribution in [1.82, 2.24) is 9.80 Å². The van der Waals surface area contributed by atoms with Crippen LogP contribution >= 0.6 is 0 Å². The summed E-state index contributed by atoms with van der Waals surface area (Å²) in [5.41, 5.74) is 0.673. The fraction of sp³-hybridized carbons (Fsp3) is 0.360. The summed E-state index contributed by atoms with van der Waals surface area (Å²) in [5.74, 6) is -1.93. The molecule has 33 heavy (non-hydrogen) atoms. The average Bonchev–Trinajstić information content (AvgIpc) is 3.04. The van der Waals surface area contributed by atoms with Gasteiger partial charge in [-0.25, -0.2) is 4.39 Å². The molecule has 1 aliphatic heterocycles. The Hall–Kier alpha value is -3.39. The molecule has 2 aromatic carbocycles. The number of hydrogen-bond donors (Lipinski definition) is 1. The number of rotatable bonds is 9. The second kappa shape index (κ2) is 10.5. The maximum atomic E-state index is 14.3. The Balaban J connectivity index is 2.08. The van der Waals surface area contributed by atoms with Gasteiger partial charge in [0.25, 0.3) is 11.7 Å². The second-order valence-electron chi connectivity index (χ2n) is 8.00. The molecule has 7 nitrogen and oxygen atoms in total. The number of amides is 1. The van der Waals surface area contributed by atoms with E-state index in [9.17, 15) is 19.1 Å². The number of hydrogen-bond acceptors (Lipinski definition) is 6. The summed E-state index contributed by atoms with van der Waals surface area (Å²) >= 11 is 0. The van der Waals surface area contributed by atoms with Crippen molar-refractivity contribution in [2.45, 2.75) is 19.4 Å². The van der Waals surface area contributed by atoms with E-state index in [1.807, 2.05) is 25.9 Å². The van der Waals surface area contributed by atoms with Crippen LogP contribution in [-0.2, 0) is 9.59 Å². The lowest BCUT2D eigenvalue weighted by molar-refractivity contribution is -0.139. The molecule has 0 bridgehead atoms. The fourth-order valence-electron chi connectivity index (χ4n) is 3.90. The highest BCUT2D eigenvalue weighted by atomic mass is 19.1. The number of aliphatic hydroxyl groups is 1. The van der Waals surface area contributed by atoms with Gasteiger partial charge in [-0.15, -0.1) is 0 Å². The first-order valence-electron chi connectivity index (χ1n) is 10.8. The first-order valence-corrected chi connectivity index (χ1v) is 10.8. The van der Waals surface area contributed by atoms with E-state index >= 15 is 0 Å². The molecule has 0 saturated carbocycles. The quantitative estimate of drug-likeness (QED) is 0.353. The van der Waals surface area contributed by atoms with Crippen LogP contribution < -0.4 is 9.47 Å². The van der Waals surface area contributed by atoms with E-state index in [1.54, 1.807) is 24.3 Å². The van der Waals surface area contributed by atoms with Crippen LogP contribution in [0.4, 0.5) is 4.39 Å². The lowest BCUT2D eigenvalue weighted by Crippen LogP contribution is -2.32. The fourth-order valence-corrected chi connectivity index (χ4v) is 3.90. The first kappa shape index (κ1) is 24.3. The number of carbonyl (C=O) groups is 2. The molecule has 1 aliphatic rings. The van der Waals surface area contributed by atoms with Crippen molar-refractivity contribution in [2.24, 2.45) is 0 Å². The Kier molecular flexibility index (Phi) is 7.71. The van der Waals surface area contributed by atoms with Crippen molar-refractivity contribution in [1.29, 1.82) is 0 Å². The average molecular weight is 457 g/mol. The number of halogens is 1. The Morgan fingerprint density at radius 2 is 1.85 bits per heavy atom. The summed E-state index contributed by atoms with van der Waals surface area (Å²) in [6.07, 6.45) is 0.644. The minimum Gasteiger partial charge on any atom is -0.507 e. The number of likely N-dealkylation sites (tertiary alicyclic amines) is 1. The maximum absolute atomic E-state index is 14.3. The number of benzene rings is 2. The maximum Gasteiger partial charge on any atom is 0.295 e. The Bertz CT molecular complexity index is 1050. The molecule has 0 aromatic heterocycles. The molecule has 0 radical (unpaired) electrons. The normalized spacial score (nSPS) is 17.6. The molecule has 1 N–H and O–H groups in total. The van der Waals surface area contributed by atoms with E-state index in [1.165, 1.54) is 24.1 Å². The molecule has 1 fully saturated rings. The van der Waals surface area contributed by atoms with Gasteiger partial charge in [0.2, 0.25) is 0 Å². The Morgan fingerprint density at radius 1 is 1.15 bits per heavy atom. The predicted octanol–water partition coefficient (Wildman–Crippen LogP) is 3.61. The van der Waals surface area contributed by atoms with Gasteiger partial charge in [0.1, 0.15) is 11.5 Å². The van der Waals surface area contributed by atoms with Crippen molar-refractivity contribution in [3.05, 3.63) is 65.0 Å². The molecule has 176 valence electrons. The van der Waals surface area contributed by atoms with Crippen LogP contribution in [0.1, 0.15) is 30.5 Å². The minimum absolute atomic E-state index is 0.0127. The second-order valence-corrected chi connectivity index (χ2v) is 8.00. The van der Waals surface area contributed by atoms with Gasteiger partial charge in [-0.2, -0.15) is 0 Å². The van der Waals surface area contributed by atoms with Crippen LogP contribution in [0.2, 0.25) is 0 Å². The van der Waals surface area contributed by atoms with Gasteiger partial charge in [0.05, 0.1) is 25.3 Å². The van der Waals surface area contributed by atoms with E-state index in [-0.39, 0.29) is 16.9 Å². The highest BCUT2D eigenvalue weighted by Crippen LogP contribution is 2.40. The minimum atomic E-state index is -0.799. The van der Waals surface area contributed by atoms with Crippen LogP contribution in [0, 0.1) is 5.82 Å². The van der Waals surface area contributed by atoms with E-state index in [0.717, 1.165) is 12.6 Å². The third-order valence-electron chi connectivity index (χ3n) is 5.48. The third kappa shape index (κ3) is 5.17. The van der Waals surface area contributed by atoms with Gasteiger partial charge in [-0.05, 0) is 69.9 Å². The van der Waals surface area contributed by atoms with Crippen LogP contribution in [-0.4, -0.2) is 67.5 Å². The lowest BCUT2D eigenvalue weighted by atomic mass is 9.95. The van der Waals surface area contributed by atoms with Crippen molar-refractivity contribution < 1.29 is 28.6 Å². The number of ether oxygens (including phenoxy) is 2. The van der Waals surface area contributed by atoms with Gasteiger partial charge in [0, 0.05) is 12.1 Å². The molecule has 1 heterocycles. The first-order chi connectivity index (χ1) is 15.8. The molecule has 1 saturated heterocycles. The number of carbonyl (C=O) groups excluding carboxylic acids is 2. The number of ketones is 1. The molecule has 1 atom stereocenters. The van der Waals surface area contributed by atoms with E-state index in [2.05, 4.69) is 0 Å². The summed E-state index contributed by atoms with van der Waals surface area (Å²) in [6.45, 7) is 3.43. The zero-order valence-corrected chi connectivity index (χ0v) is 19.3. The molecule has 0 spiro atoms. The van der Waals surface area contributed by atoms with Crippen molar-refractivity contribution in [2.75, 3.05) is 40.9 Å². The highest BCUT2D eigenvalue weighted by molar-refractivity contribution is 6.46. The smallest absolute Gasteiger partial charge is 0.295 e. The molecule has 8 heteroatoms. The molecular formula is C25H29FN2O5. The SMILES string of the molecule is CCOc1ccc(C2/C(=C(\O)c3ccc(OC)c(F)c3)C(=O)C(=O)N2CCCN(C)C)cc1. The zero-order valence-electron chi connectivity index (χ0n) is 19.3. The highest BCUT2D eigenvalue weighted by Gasteiger charge is 2.45. The topological polar surface area (TPSA) is 79.3 Å². The van der Waals surface area contributed by atoms with Crippen molar-refractivity contribution >= 4 is 17.4 Å². The van der Waals surface area contributed by atoms with Crippen molar-refractivity contribution in [3.63, 3.8) is 0 Å². The number of aliphatic hydroxyl groups excluding tert-OH is 1. The number of methoxy groups -OCH3 is 1. The van der Waals surface area contributed by atoms with E-state index < -0.39 is 29.3 Å². The molecule has 1 unspecified atom stereocenters. The van der Waals surface area contributed by atoms with Crippen LogP contribution in [0.15, 0.2) is 48.0 Å². The summed E-state index contributed by atoms with van der Waals surface area (Å²) < 4.78 is 24.7. The van der Waals surface area contributed by atoms with Crippen LogP contribution in [0.3, 0.4) is 0 Å². The van der Waals surface area contributed by atoms with E-state index in [0.29, 0.717) is 30.9 Å². The van der Waals surface area contributed by atoms with E-state index in [4.69, 9.17) is 9.47 Å². The zero-order chi connectivity index (χ0) is 24.1. The number of Topliss-reactive ketones (excluding diaryl/α,β-unsaturated/α-hetero) is 1. The van der Waals surface area contributed by atoms with Gasteiger partial charge in [-0.3, -0.25) is 9.59 Å². The summed E-state index contributed by atoms with van der Waals surface area (Å²) in [7, 11) is 5.19. The summed E-state index contributed by atoms with van der Waals surface area (Å²) in [6, 6.07) is 10.1. The van der Waals surface area contributed by atoms with Gasteiger partial charge >= 0.3 is 0 Å². The lowest BCUT2D eigenvalue weighted by Gasteiger charge is -2.26. The molecule has 2 aromatic rings. The molecular weight excluding hydrogens is 427 g/mol. The monoisotopic (exact) mass is 456 g/mol. The third-order valence-corrected chi connectivity index (χ3v) is 5.48. The standard InChI is InChI=1S/C25H29FN2O5/c1-5-33-18-10-7-16(8-11-18)22-21(23(29)17-9-12-20(32-4)19(26)15-17)24(30)25(31)28(22)14-6-13-27(2)3/h7-12,15,22,29H,5-6,13-14H2,1-4H3/b23-21+. The summed E-state index contributed by atoms with van der Waals surface area (Å²) in [5, 5.41) is 11.0. The van der Waals surface area contributed by atoms with Crippen molar-refractivity contribution in [3.8, 4) is 11.5 Å². The molecule has 1 amide bonds. The Labute approximate surface area is 193 Å². The van der Waals surface area contributed by atoms with Crippen LogP contribution in [0.5, 0.6) is 11.5 Å². The van der Waals surface area contributed by atoms with Gasteiger partial charge in [0.15, 0.2) is 11.6 Å². The number of nitrogens with zero attached hydrogens (tertiary/aromatic N) is 2. The predicted molar refractivity (Wildman–Crippen MR) is 123 cm³/mol.